The Morgan fingerprint density at radius 2 is 1.60 bits per heavy atom. The van der Waals surface area contributed by atoms with Crippen molar-refractivity contribution in [2.75, 3.05) is 0 Å². The Bertz CT molecular complexity index is 469. The topological polar surface area (TPSA) is 9.23 Å². The summed E-state index contributed by atoms with van der Waals surface area (Å²) in [5.41, 5.74) is 2.91. The third-order valence-corrected chi connectivity index (χ3v) is 3.23. The molecule has 0 amide bonds. The maximum Gasteiger partial charge on any atom is 0.127 e. The molecule has 0 saturated heterocycles. The van der Waals surface area contributed by atoms with E-state index in [1.807, 2.05) is 13.8 Å². The normalized spacial score (nSPS) is 14.7. The van der Waals surface area contributed by atoms with Gasteiger partial charge in [-0.2, -0.15) is 0 Å². The number of benzene rings is 1. The van der Waals surface area contributed by atoms with Crippen molar-refractivity contribution in [2.24, 2.45) is 0 Å². The van der Waals surface area contributed by atoms with Crippen LogP contribution in [0.25, 0.3) is 0 Å². The molecule has 1 heteroatoms. The van der Waals surface area contributed by atoms with Gasteiger partial charge in [-0.05, 0) is 55.0 Å². The van der Waals surface area contributed by atoms with Crippen LogP contribution in [-0.2, 0) is 5.41 Å². The van der Waals surface area contributed by atoms with Crippen LogP contribution in [0.3, 0.4) is 0 Å². The highest BCUT2D eigenvalue weighted by Gasteiger charge is 2.13. The molecular formula is C19H28O. The molecule has 1 aromatic rings. The average molecular weight is 272 g/mol. The average Bonchev–Trinajstić information content (AvgIpc) is 2.41. The summed E-state index contributed by atoms with van der Waals surface area (Å²) in [6, 6.07) is 8.41. The smallest absolute Gasteiger partial charge is 0.127 e. The maximum absolute atomic E-state index is 5.88. The SMILES string of the molecule is CC.CC1=CC(Oc2ccc(C(C)(C)C)cc2)=CCC1. The number of rotatable bonds is 2. The Labute approximate surface area is 124 Å². The van der Waals surface area contributed by atoms with Crippen molar-refractivity contribution in [2.45, 2.75) is 59.8 Å². The molecule has 0 heterocycles. The highest BCUT2D eigenvalue weighted by atomic mass is 16.5. The molecule has 1 aromatic carbocycles. The molecule has 0 N–H and O–H groups in total. The van der Waals surface area contributed by atoms with Crippen molar-refractivity contribution in [1.29, 1.82) is 0 Å². The van der Waals surface area contributed by atoms with Crippen LogP contribution in [-0.4, -0.2) is 0 Å². The van der Waals surface area contributed by atoms with E-state index in [-0.39, 0.29) is 5.41 Å². The molecule has 1 aliphatic carbocycles. The van der Waals surface area contributed by atoms with Gasteiger partial charge in [0.25, 0.3) is 0 Å². The van der Waals surface area contributed by atoms with Crippen molar-refractivity contribution < 1.29 is 4.74 Å². The van der Waals surface area contributed by atoms with E-state index in [0.29, 0.717) is 0 Å². The minimum Gasteiger partial charge on any atom is -0.458 e. The largest absolute Gasteiger partial charge is 0.458 e. The Balaban J connectivity index is 0.000000956. The fourth-order valence-corrected chi connectivity index (χ4v) is 2.05. The zero-order chi connectivity index (χ0) is 15.2. The van der Waals surface area contributed by atoms with Crippen LogP contribution in [0.15, 0.2) is 47.7 Å². The first kappa shape index (κ1) is 16.6. The van der Waals surface area contributed by atoms with Gasteiger partial charge in [0.15, 0.2) is 0 Å². The molecule has 0 aromatic heterocycles. The molecule has 0 fully saturated rings. The molecule has 110 valence electrons. The number of hydrogen-bond donors (Lipinski definition) is 0. The van der Waals surface area contributed by atoms with Gasteiger partial charge in [0.1, 0.15) is 11.5 Å². The molecule has 0 unspecified atom stereocenters. The first-order valence-corrected chi connectivity index (χ1v) is 7.61. The fourth-order valence-electron chi connectivity index (χ4n) is 2.05. The van der Waals surface area contributed by atoms with E-state index in [1.165, 1.54) is 11.1 Å². The van der Waals surface area contributed by atoms with Gasteiger partial charge in [-0.25, -0.2) is 0 Å². The second kappa shape index (κ2) is 7.33. The lowest BCUT2D eigenvalue weighted by atomic mass is 9.87. The Morgan fingerprint density at radius 1 is 1.00 bits per heavy atom. The van der Waals surface area contributed by atoms with Crippen molar-refractivity contribution in [3.63, 3.8) is 0 Å². The van der Waals surface area contributed by atoms with E-state index in [9.17, 15) is 0 Å². The zero-order valence-electron chi connectivity index (χ0n) is 13.8. The van der Waals surface area contributed by atoms with Gasteiger partial charge in [-0.1, -0.05) is 52.3 Å². The fraction of sp³-hybridized carbons (Fsp3) is 0.474. The Morgan fingerprint density at radius 3 is 2.10 bits per heavy atom. The van der Waals surface area contributed by atoms with E-state index < -0.39 is 0 Å². The summed E-state index contributed by atoms with van der Waals surface area (Å²) in [5, 5.41) is 0. The van der Waals surface area contributed by atoms with Gasteiger partial charge < -0.3 is 4.74 Å². The van der Waals surface area contributed by atoms with E-state index in [2.05, 4.69) is 64.1 Å². The summed E-state index contributed by atoms with van der Waals surface area (Å²) in [6.07, 6.45) is 6.51. The lowest BCUT2D eigenvalue weighted by Crippen LogP contribution is -2.10. The van der Waals surface area contributed by atoms with Crippen LogP contribution in [0, 0.1) is 0 Å². The first-order valence-electron chi connectivity index (χ1n) is 7.61. The molecule has 0 atom stereocenters. The van der Waals surface area contributed by atoms with E-state index in [4.69, 9.17) is 4.74 Å². The predicted octanol–water partition coefficient (Wildman–Crippen LogP) is 6.01. The van der Waals surface area contributed by atoms with Gasteiger partial charge in [0.2, 0.25) is 0 Å². The highest BCUT2D eigenvalue weighted by molar-refractivity contribution is 5.34. The minimum atomic E-state index is 0.194. The monoisotopic (exact) mass is 272 g/mol. The molecular weight excluding hydrogens is 244 g/mol. The van der Waals surface area contributed by atoms with Crippen LogP contribution in [0.5, 0.6) is 5.75 Å². The molecule has 0 spiro atoms. The molecule has 0 radical (unpaired) electrons. The minimum absolute atomic E-state index is 0.194. The molecule has 0 bridgehead atoms. The molecule has 1 aliphatic rings. The van der Waals surface area contributed by atoms with Gasteiger partial charge in [-0.15, -0.1) is 0 Å². The molecule has 20 heavy (non-hydrogen) atoms. The summed E-state index contributed by atoms with van der Waals surface area (Å²) in [7, 11) is 0. The molecule has 2 rings (SSSR count). The van der Waals surface area contributed by atoms with Gasteiger partial charge in [0, 0.05) is 0 Å². The summed E-state index contributed by atoms with van der Waals surface area (Å²) in [4.78, 5) is 0. The zero-order valence-corrected chi connectivity index (χ0v) is 13.8. The van der Waals surface area contributed by atoms with Crippen LogP contribution in [0.1, 0.15) is 59.9 Å². The van der Waals surface area contributed by atoms with Gasteiger partial charge >= 0.3 is 0 Å². The third-order valence-electron chi connectivity index (χ3n) is 3.23. The van der Waals surface area contributed by atoms with Gasteiger partial charge in [-0.3, -0.25) is 0 Å². The summed E-state index contributed by atoms with van der Waals surface area (Å²) in [5.74, 6) is 1.89. The lowest BCUT2D eigenvalue weighted by molar-refractivity contribution is 0.437. The van der Waals surface area contributed by atoms with Crippen LogP contribution in [0.2, 0.25) is 0 Å². The molecule has 1 nitrogen and oxygen atoms in total. The van der Waals surface area contributed by atoms with E-state index in [0.717, 1.165) is 24.4 Å². The van der Waals surface area contributed by atoms with Crippen molar-refractivity contribution >= 4 is 0 Å². The second-order valence-corrected chi connectivity index (χ2v) is 6.01. The maximum atomic E-state index is 5.88. The number of hydrogen-bond acceptors (Lipinski definition) is 1. The lowest BCUT2D eigenvalue weighted by Gasteiger charge is -2.19. The summed E-state index contributed by atoms with van der Waals surface area (Å²) in [6.45, 7) is 12.8. The second-order valence-electron chi connectivity index (χ2n) is 6.01. The molecule has 0 saturated carbocycles. The van der Waals surface area contributed by atoms with Crippen molar-refractivity contribution in [3.05, 3.63) is 53.3 Å². The van der Waals surface area contributed by atoms with Crippen LogP contribution < -0.4 is 4.74 Å². The Kier molecular flexibility index (Phi) is 6.06. The standard InChI is InChI=1S/C17H22O.C2H6/c1-13-6-5-7-16(12-13)18-15-10-8-14(9-11-15)17(2,3)4;1-2/h7-12H,5-6H2,1-4H3;1-2H3. The third kappa shape index (κ3) is 4.88. The van der Waals surface area contributed by atoms with Crippen LogP contribution >= 0.6 is 0 Å². The van der Waals surface area contributed by atoms with Crippen molar-refractivity contribution in [1.82, 2.24) is 0 Å². The highest BCUT2D eigenvalue weighted by Crippen LogP contribution is 2.26. The van der Waals surface area contributed by atoms with Gasteiger partial charge in [0.05, 0.1) is 0 Å². The predicted molar refractivity (Wildman–Crippen MR) is 88.2 cm³/mol. The van der Waals surface area contributed by atoms with E-state index >= 15 is 0 Å². The number of allylic oxidation sites excluding steroid dienone is 3. The summed E-state index contributed by atoms with van der Waals surface area (Å²) < 4.78 is 5.88. The summed E-state index contributed by atoms with van der Waals surface area (Å²) >= 11 is 0. The van der Waals surface area contributed by atoms with E-state index in [1.54, 1.807) is 0 Å². The first-order chi connectivity index (χ1) is 9.45. The quantitative estimate of drug-likeness (QED) is 0.640. The molecule has 0 aliphatic heterocycles. The van der Waals surface area contributed by atoms with Crippen molar-refractivity contribution in [3.8, 4) is 5.75 Å². The Hall–Kier alpha value is -1.50. The van der Waals surface area contributed by atoms with Crippen LogP contribution in [0.4, 0.5) is 0 Å². The number of ether oxygens (including phenoxy) is 1.